The minimum absolute atomic E-state index is 0.0496. The fraction of sp³-hybridized carbons (Fsp3) is 0.467. The van der Waals surface area contributed by atoms with Crippen molar-refractivity contribution in [1.29, 1.82) is 0 Å². The standard InChI is InChI=1S/C15H20N2O3S/c1-4-20-14(18)10-17(11(2)3)15(19)13-8-7-12(21-13)6-5-9-16/h7-8,11H,4,9-10,16H2,1-3H3. The molecule has 0 saturated heterocycles. The highest BCUT2D eigenvalue weighted by atomic mass is 32.1. The van der Waals surface area contributed by atoms with Crippen molar-refractivity contribution in [3.63, 3.8) is 0 Å². The van der Waals surface area contributed by atoms with Gasteiger partial charge in [0, 0.05) is 6.04 Å². The van der Waals surface area contributed by atoms with Crippen molar-refractivity contribution in [3.05, 3.63) is 21.9 Å². The third kappa shape index (κ3) is 5.21. The van der Waals surface area contributed by atoms with E-state index in [1.807, 2.05) is 13.8 Å². The van der Waals surface area contributed by atoms with E-state index in [9.17, 15) is 9.59 Å². The lowest BCUT2D eigenvalue weighted by atomic mass is 10.3. The smallest absolute Gasteiger partial charge is 0.325 e. The maximum absolute atomic E-state index is 12.5. The second-order valence-electron chi connectivity index (χ2n) is 4.50. The normalized spacial score (nSPS) is 9.95. The monoisotopic (exact) mass is 308 g/mol. The molecule has 0 saturated carbocycles. The van der Waals surface area contributed by atoms with E-state index >= 15 is 0 Å². The van der Waals surface area contributed by atoms with Crippen LogP contribution in [0.2, 0.25) is 0 Å². The minimum Gasteiger partial charge on any atom is -0.465 e. The molecular weight excluding hydrogens is 288 g/mol. The third-order valence-electron chi connectivity index (χ3n) is 2.62. The molecule has 2 N–H and O–H groups in total. The van der Waals surface area contributed by atoms with Crippen LogP contribution in [0.4, 0.5) is 0 Å². The molecule has 114 valence electrons. The van der Waals surface area contributed by atoms with Gasteiger partial charge in [-0.3, -0.25) is 9.59 Å². The third-order valence-corrected chi connectivity index (χ3v) is 3.61. The predicted molar refractivity (Wildman–Crippen MR) is 83.1 cm³/mol. The molecule has 1 amide bonds. The number of hydrogen-bond donors (Lipinski definition) is 1. The number of carbonyl (C=O) groups is 2. The fourth-order valence-electron chi connectivity index (χ4n) is 1.63. The quantitative estimate of drug-likeness (QED) is 0.660. The Labute approximate surface area is 129 Å². The van der Waals surface area contributed by atoms with Gasteiger partial charge in [0.05, 0.1) is 22.9 Å². The Balaban J connectivity index is 2.85. The second kappa shape index (κ2) is 8.45. The summed E-state index contributed by atoms with van der Waals surface area (Å²) in [6.45, 7) is 5.99. The number of rotatable bonds is 5. The Bertz CT molecular complexity index is 555. The number of nitrogens with zero attached hydrogens (tertiary/aromatic N) is 1. The number of thiophene rings is 1. The summed E-state index contributed by atoms with van der Waals surface area (Å²) in [4.78, 5) is 26.9. The number of carbonyl (C=O) groups excluding carboxylic acids is 2. The molecule has 21 heavy (non-hydrogen) atoms. The van der Waals surface area contributed by atoms with Crippen molar-refractivity contribution < 1.29 is 14.3 Å². The summed E-state index contributed by atoms with van der Waals surface area (Å²) in [6, 6.07) is 3.40. The first-order valence-corrected chi connectivity index (χ1v) is 7.56. The largest absolute Gasteiger partial charge is 0.465 e. The van der Waals surface area contributed by atoms with Crippen LogP contribution in [0, 0.1) is 11.8 Å². The Hall–Kier alpha value is -1.84. The van der Waals surface area contributed by atoms with Crippen LogP contribution < -0.4 is 5.73 Å². The molecule has 0 radical (unpaired) electrons. The van der Waals surface area contributed by atoms with Gasteiger partial charge in [0.15, 0.2) is 0 Å². The Morgan fingerprint density at radius 2 is 2.14 bits per heavy atom. The van der Waals surface area contributed by atoms with Crippen LogP contribution in [0.1, 0.15) is 35.3 Å². The molecule has 0 aromatic carbocycles. The number of esters is 1. The summed E-state index contributed by atoms with van der Waals surface area (Å²) in [5.74, 6) is 5.04. The molecule has 1 rings (SSSR count). The van der Waals surface area contributed by atoms with Gasteiger partial charge in [-0.15, -0.1) is 11.3 Å². The number of nitrogens with two attached hydrogens (primary N) is 1. The van der Waals surface area contributed by atoms with Gasteiger partial charge in [-0.1, -0.05) is 11.8 Å². The van der Waals surface area contributed by atoms with Crippen molar-refractivity contribution in [2.24, 2.45) is 5.73 Å². The summed E-state index contributed by atoms with van der Waals surface area (Å²) in [6.07, 6.45) is 0. The molecule has 0 aliphatic rings. The molecule has 1 heterocycles. The van der Waals surface area contributed by atoms with Crippen LogP contribution in [0.5, 0.6) is 0 Å². The number of amides is 1. The molecule has 0 spiro atoms. The summed E-state index contributed by atoms with van der Waals surface area (Å²) >= 11 is 1.29. The van der Waals surface area contributed by atoms with E-state index in [4.69, 9.17) is 10.5 Å². The Kier molecular flexibility index (Phi) is 6.92. The van der Waals surface area contributed by atoms with Crippen LogP contribution in [-0.4, -0.2) is 42.5 Å². The zero-order valence-corrected chi connectivity index (χ0v) is 13.3. The number of ether oxygens (including phenoxy) is 1. The first-order chi connectivity index (χ1) is 9.99. The van der Waals surface area contributed by atoms with E-state index in [2.05, 4.69) is 11.8 Å². The van der Waals surface area contributed by atoms with Crippen molar-refractivity contribution in [2.75, 3.05) is 19.7 Å². The molecule has 0 aliphatic carbocycles. The van der Waals surface area contributed by atoms with E-state index in [0.717, 1.165) is 4.88 Å². The van der Waals surface area contributed by atoms with Gasteiger partial charge in [-0.05, 0) is 32.9 Å². The average molecular weight is 308 g/mol. The first kappa shape index (κ1) is 17.2. The zero-order chi connectivity index (χ0) is 15.8. The highest BCUT2D eigenvalue weighted by molar-refractivity contribution is 7.14. The molecule has 0 atom stereocenters. The number of hydrogen-bond acceptors (Lipinski definition) is 5. The fourth-order valence-corrected chi connectivity index (χ4v) is 2.47. The van der Waals surface area contributed by atoms with Crippen LogP contribution in [-0.2, 0) is 9.53 Å². The minimum atomic E-state index is -0.403. The van der Waals surface area contributed by atoms with Crippen LogP contribution in [0.25, 0.3) is 0 Å². The predicted octanol–water partition coefficient (Wildman–Crippen LogP) is 1.47. The lowest BCUT2D eigenvalue weighted by molar-refractivity contribution is -0.144. The van der Waals surface area contributed by atoms with Crippen LogP contribution >= 0.6 is 11.3 Å². The van der Waals surface area contributed by atoms with Gasteiger partial charge in [0.2, 0.25) is 0 Å². The summed E-state index contributed by atoms with van der Waals surface area (Å²) in [7, 11) is 0. The van der Waals surface area contributed by atoms with Gasteiger partial charge in [0.25, 0.3) is 5.91 Å². The van der Waals surface area contributed by atoms with Crippen LogP contribution in [0.15, 0.2) is 12.1 Å². The second-order valence-corrected chi connectivity index (χ2v) is 5.59. The topological polar surface area (TPSA) is 72.6 Å². The van der Waals surface area contributed by atoms with E-state index in [1.54, 1.807) is 19.1 Å². The molecule has 6 heteroatoms. The zero-order valence-electron chi connectivity index (χ0n) is 12.5. The lowest BCUT2D eigenvalue weighted by Gasteiger charge is -2.25. The highest BCUT2D eigenvalue weighted by Crippen LogP contribution is 2.18. The Morgan fingerprint density at radius 3 is 2.71 bits per heavy atom. The molecule has 1 aromatic rings. The van der Waals surface area contributed by atoms with Crippen molar-refractivity contribution >= 4 is 23.2 Å². The van der Waals surface area contributed by atoms with Gasteiger partial charge in [0.1, 0.15) is 6.54 Å². The summed E-state index contributed by atoms with van der Waals surface area (Å²) in [5, 5.41) is 0. The molecule has 0 fully saturated rings. The van der Waals surface area contributed by atoms with E-state index in [1.165, 1.54) is 16.2 Å². The molecule has 0 bridgehead atoms. The molecular formula is C15H20N2O3S. The van der Waals surface area contributed by atoms with Crippen molar-refractivity contribution in [1.82, 2.24) is 4.90 Å². The van der Waals surface area contributed by atoms with Gasteiger partial charge < -0.3 is 15.4 Å². The first-order valence-electron chi connectivity index (χ1n) is 6.75. The maximum Gasteiger partial charge on any atom is 0.325 e. The van der Waals surface area contributed by atoms with Gasteiger partial charge in [-0.2, -0.15) is 0 Å². The maximum atomic E-state index is 12.5. The molecule has 0 aliphatic heterocycles. The van der Waals surface area contributed by atoms with Crippen LogP contribution in [0.3, 0.4) is 0 Å². The molecule has 0 unspecified atom stereocenters. The Morgan fingerprint density at radius 1 is 1.43 bits per heavy atom. The molecule has 5 nitrogen and oxygen atoms in total. The van der Waals surface area contributed by atoms with E-state index in [0.29, 0.717) is 11.5 Å². The lowest BCUT2D eigenvalue weighted by Crippen LogP contribution is -2.41. The summed E-state index contributed by atoms with van der Waals surface area (Å²) in [5.41, 5.74) is 5.32. The van der Waals surface area contributed by atoms with Crippen molar-refractivity contribution in [3.8, 4) is 11.8 Å². The SMILES string of the molecule is CCOC(=O)CN(C(=O)c1ccc(C#CCN)s1)C(C)C. The average Bonchev–Trinajstić information content (AvgIpc) is 2.90. The van der Waals surface area contributed by atoms with Gasteiger partial charge >= 0.3 is 5.97 Å². The molecule has 1 aromatic heterocycles. The van der Waals surface area contributed by atoms with Gasteiger partial charge in [-0.25, -0.2) is 0 Å². The van der Waals surface area contributed by atoms with E-state index in [-0.39, 0.29) is 25.0 Å². The highest BCUT2D eigenvalue weighted by Gasteiger charge is 2.23. The van der Waals surface area contributed by atoms with E-state index < -0.39 is 5.97 Å². The summed E-state index contributed by atoms with van der Waals surface area (Å²) < 4.78 is 4.90. The van der Waals surface area contributed by atoms with Crippen molar-refractivity contribution in [2.45, 2.75) is 26.8 Å².